The molecule has 7 nitrogen and oxygen atoms in total. The van der Waals surface area contributed by atoms with Crippen molar-refractivity contribution in [1.29, 1.82) is 0 Å². The molecule has 0 aromatic heterocycles. The quantitative estimate of drug-likeness (QED) is 0.168. The number of isocyanates is 1. The first kappa shape index (κ1) is 21.9. The highest BCUT2D eigenvalue weighted by Crippen LogP contribution is 1.91. The molecule has 0 saturated carbocycles. The molecule has 0 aliphatic heterocycles. The summed E-state index contributed by atoms with van der Waals surface area (Å²) in [6.07, 6.45) is 1.33. The molecule has 120 valence electrons. The van der Waals surface area contributed by atoms with Gasteiger partial charge in [-0.05, 0) is 26.1 Å². The van der Waals surface area contributed by atoms with Crippen molar-refractivity contribution in [1.82, 2.24) is 0 Å². The molecule has 0 unspecified atom stereocenters. The van der Waals surface area contributed by atoms with E-state index in [1.54, 1.807) is 13.8 Å². The molecule has 0 bridgehead atoms. The van der Waals surface area contributed by atoms with E-state index in [0.717, 1.165) is 0 Å². The Bertz CT molecular complexity index is 457. The van der Waals surface area contributed by atoms with Crippen LogP contribution in [0.25, 0.3) is 0 Å². The smallest absolute Gasteiger partial charge is 0.333 e. The first-order valence-corrected chi connectivity index (χ1v) is 6.50. The first-order chi connectivity index (χ1) is 10.4. The third kappa shape index (κ3) is 15.7. The molecule has 0 heterocycles. The van der Waals surface area contributed by atoms with Crippen molar-refractivity contribution in [3.05, 3.63) is 24.3 Å². The summed E-state index contributed by atoms with van der Waals surface area (Å²) in [6.45, 7) is 10.8. The normalized spacial score (nSPS) is 8.09. The summed E-state index contributed by atoms with van der Waals surface area (Å²) in [5.74, 6) is -0.865. The molecule has 0 fully saturated rings. The SMILES string of the molecule is C=C(C)C(=O)OCCN=C=O.C=C(C)C(=O)OCCN=C=S. The zero-order valence-corrected chi connectivity index (χ0v) is 13.4. The van der Waals surface area contributed by atoms with Gasteiger partial charge in [-0.25, -0.2) is 24.4 Å². The molecule has 8 heteroatoms. The van der Waals surface area contributed by atoms with Crippen molar-refractivity contribution in [3.8, 4) is 0 Å². The molecular formula is C14H18N2O5S. The number of thiocarbonyl (C=S) groups is 1. The molecule has 0 aromatic rings. The highest BCUT2D eigenvalue weighted by Gasteiger charge is 2.01. The van der Waals surface area contributed by atoms with Gasteiger partial charge in [0.2, 0.25) is 6.08 Å². The molecule has 0 aliphatic carbocycles. The van der Waals surface area contributed by atoms with Crippen LogP contribution in [0.1, 0.15) is 13.8 Å². The Morgan fingerprint density at radius 2 is 1.41 bits per heavy atom. The van der Waals surface area contributed by atoms with E-state index in [9.17, 15) is 14.4 Å². The standard InChI is InChI=1S/C7H9NO3.C7H9NO2S/c1-6(2)7(10)11-4-3-8-5-9;1-6(2)7(9)10-4-3-8-5-11/h2*1,3-4H2,2H3. The van der Waals surface area contributed by atoms with E-state index in [1.165, 1.54) is 6.08 Å². The zero-order valence-electron chi connectivity index (χ0n) is 12.6. The van der Waals surface area contributed by atoms with Crippen LogP contribution in [0.3, 0.4) is 0 Å². The van der Waals surface area contributed by atoms with Crippen LogP contribution in [0.2, 0.25) is 0 Å². The topological polar surface area (TPSA) is 94.4 Å². The van der Waals surface area contributed by atoms with E-state index >= 15 is 0 Å². The number of hydrogen-bond acceptors (Lipinski definition) is 8. The predicted octanol–water partition coefficient (Wildman–Crippen LogP) is 1.65. The summed E-state index contributed by atoms with van der Waals surface area (Å²) in [6, 6.07) is 0. The van der Waals surface area contributed by atoms with Gasteiger partial charge in [-0.15, -0.1) is 0 Å². The van der Waals surface area contributed by atoms with E-state index in [2.05, 4.69) is 50.0 Å². The van der Waals surface area contributed by atoms with Gasteiger partial charge < -0.3 is 9.47 Å². The van der Waals surface area contributed by atoms with Crippen molar-refractivity contribution in [3.63, 3.8) is 0 Å². The predicted molar refractivity (Wildman–Crippen MR) is 84.4 cm³/mol. The lowest BCUT2D eigenvalue weighted by atomic mass is 10.4. The Morgan fingerprint density at radius 1 is 1.00 bits per heavy atom. The molecule has 0 spiro atoms. The minimum atomic E-state index is -0.467. The molecule has 0 radical (unpaired) electrons. The fourth-order valence-corrected chi connectivity index (χ4v) is 0.797. The molecule has 0 atom stereocenters. The van der Waals surface area contributed by atoms with E-state index in [4.69, 9.17) is 0 Å². The Hall–Kier alpha value is -2.40. The van der Waals surface area contributed by atoms with Crippen molar-refractivity contribution < 1.29 is 23.9 Å². The lowest BCUT2D eigenvalue weighted by molar-refractivity contribution is -0.139. The number of isothiocyanates is 1. The molecule has 0 aliphatic rings. The Balaban J connectivity index is 0. The number of carbonyl (C=O) groups is 2. The monoisotopic (exact) mass is 326 g/mol. The number of nitrogens with zero attached hydrogens (tertiary/aromatic N) is 2. The molecule has 0 N–H and O–H groups in total. The summed E-state index contributed by atoms with van der Waals surface area (Å²) >= 11 is 4.31. The third-order valence-corrected chi connectivity index (χ3v) is 1.83. The molecule has 0 aromatic carbocycles. The van der Waals surface area contributed by atoms with E-state index in [0.29, 0.717) is 17.7 Å². The van der Waals surface area contributed by atoms with Gasteiger partial charge in [0.1, 0.15) is 13.2 Å². The maximum atomic E-state index is 10.7. The fraction of sp³-hybridized carbons (Fsp3) is 0.429. The minimum absolute atomic E-state index is 0.0981. The third-order valence-electron chi connectivity index (χ3n) is 1.70. The summed E-state index contributed by atoms with van der Waals surface area (Å²) in [5, 5.41) is 2.17. The van der Waals surface area contributed by atoms with E-state index in [1.807, 2.05) is 0 Å². The number of rotatable bonds is 8. The van der Waals surface area contributed by atoms with E-state index < -0.39 is 11.9 Å². The van der Waals surface area contributed by atoms with Crippen molar-refractivity contribution in [2.75, 3.05) is 26.3 Å². The highest BCUT2D eigenvalue weighted by atomic mass is 32.1. The van der Waals surface area contributed by atoms with Crippen molar-refractivity contribution in [2.24, 2.45) is 9.98 Å². The molecule has 0 saturated heterocycles. The number of hydrogen-bond donors (Lipinski definition) is 0. The van der Waals surface area contributed by atoms with Gasteiger partial charge in [0.25, 0.3) is 0 Å². The Kier molecular flexibility index (Phi) is 14.9. The summed E-state index contributed by atoms with van der Waals surface area (Å²) in [7, 11) is 0. The minimum Gasteiger partial charge on any atom is -0.460 e. The van der Waals surface area contributed by atoms with Crippen molar-refractivity contribution >= 4 is 35.4 Å². The molecular weight excluding hydrogens is 308 g/mol. The van der Waals surface area contributed by atoms with Crippen LogP contribution >= 0.6 is 12.2 Å². The van der Waals surface area contributed by atoms with Crippen LogP contribution in [-0.4, -0.2) is 49.5 Å². The van der Waals surface area contributed by atoms with Crippen LogP contribution in [0.15, 0.2) is 34.3 Å². The largest absolute Gasteiger partial charge is 0.460 e. The maximum Gasteiger partial charge on any atom is 0.333 e. The van der Waals surface area contributed by atoms with Gasteiger partial charge in [-0.3, -0.25) is 0 Å². The molecule has 0 rings (SSSR count). The lowest BCUT2D eigenvalue weighted by Gasteiger charge is -1.99. The summed E-state index contributed by atoms with van der Waals surface area (Å²) in [4.78, 5) is 37.6. The van der Waals surface area contributed by atoms with Gasteiger partial charge in [-0.1, -0.05) is 13.2 Å². The lowest BCUT2D eigenvalue weighted by Crippen LogP contribution is -2.07. The second kappa shape index (κ2) is 15.0. The highest BCUT2D eigenvalue weighted by molar-refractivity contribution is 7.78. The van der Waals surface area contributed by atoms with Crippen LogP contribution in [0.4, 0.5) is 0 Å². The molecule has 0 amide bonds. The first-order valence-electron chi connectivity index (χ1n) is 6.09. The van der Waals surface area contributed by atoms with Gasteiger partial charge >= 0.3 is 11.9 Å². The van der Waals surface area contributed by atoms with Crippen LogP contribution in [-0.2, 0) is 23.9 Å². The van der Waals surface area contributed by atoms with E-state index in [-0.39, 0.29) is 19.8 Å². The average molecular weight is 326 g/mol. The van der Waals surface area contributed by atoms with Gasteiger partial charge in [-0.2, -0.15) is 0 Å². The Morgan fingerprint density at radius 3 is 1.73 bits per heavy atom. The number of ether oxygens (including phenoxy) is 2. The van der Waals surface area contributed by atoms with Crippen LogP contribution < -0.4 is 0 Å². The van der Waals surface area contributed by atoms with Gasteiger partial charge in [0.15, 0.2) is 0 Å². The summed E-state index contributed by atoms with van der Waals surface area (Å²) < 4.78 is 9.28. The second-order valence-corrected chi connectivity index (χ2v) is 3.96. The van der Waals surface area contributed by atoms with Gasteiger partial charge in [0, 0.05) is 11.1 Å². The van der Waals surface area contributed by atoms with Crippen LogP contribution in [0, 0.1) is 0 Å². The number of esters is 2. The average Bonchev–Trinajstić information content (AvgIpc) is 2.48. The maximum absolute atomic E-state index is 10.7. The van der Waals surface area contributed by atoms with Crippen LogP contribution in [0.5, 0.6) is 0 Å². The van der Waals surface area contributed by atoms with Gasteiger partial charge in [0.05, 0.1) is 18.3 Å². The Labute approximate surface area is 134 Å². The second-order valence-electron chi connectivity index (χ2n) is 3.78. The molecule has 22 heavy (non-hydrogen) atoms. The number of aliphatic imine (C=N–C) groups is 2. The number of carbonyl (C=O) groups excluding carboxylic acids is 3. The summed E-state index contributed by atoms with van der Waals surface area (Å²) in [5.41, 5.74) is 0.719. The fourth-order valence-electron chi connectivity index (χ4n) is 0.706. The zero-order chi connectivity index (χ0) is 17.4. The van der Waals surface area contributed by atoms with Crippen molar-refractivity contribution in [2.45, 2.75) is 13.8 Å².